The molecule has 1 unspecified atom stereocenters. The second kappa shape index (κ2) is 49.1. The summed E-state index contributed by atoms with van der Waals surface area (Å²) in [7, 11) is 0. The van der Waals surface area contributed by atoms with Gasteiger partial charge in [-0.05, 0) is 103 Å². The molecule has 0 aromatic heterocycles. The summed E-state index contributed by atoms with van der Waals surface area (Å²) in [6.45, 7) is 7.16. The summed E-state index contributed by atoms with van der Waals surface area (Å²) in [6.07, 6.45) is 71.8. The number of allylic oxidation sites excluding steroid dienone is 22. The van der Waals surface area contributed by atoms with Gasteiger partial charge in [-0.15, -0.1) is 0 Å². The first-order chi connectivity index (χ1) is 29.6. The highest BCUT2D eigenvalue weighted by atomic mass is 16.6. The van der Waals surface area contributed by atoms with Crippen LogP contribution in [-0.2, 0) is 23.8 Å². The fourth-order valence-electron chi connectivity index (χ4n) is 5.51. The van der Waals surface area contributed by atoms with Gasteiger partial charge in [-0.2, -0.15) is 0 Å². The van der Waals surface area contributed by atoms with Crippen molar-refractivity contribution in [2.75, 3.05) is 19.8 Å². The Bertz CT molecular complexity index is 1350. The van der Waals surface area contributed by atoms with E-state index in [-0.39, 0.29) is 31.6 Å². The number of hydrogen-bond acceptors (Lipinski definition) is 5. The van der Waals surface area contributed by atoms with Gasteiger partial charge in [-0.3, -0.25) is 9.59 Å². The van der Waals surface area contributed by atoms with E-state index in [0.29, 0.717) is 13.0 Å². The molecular formula is C55H84O5. The highest BCUT2D eigenvalue weighted by molar-refractivity contribution is 5.71. The molecule has 0 aliphatic heterocycles. The number of ether oxygens (including phenoxy) is 3. The number of hydrogen-bond donors (Lipinski definition) is 0. The van der Waals surface area contributed by atoms with E-state index < -0.39 is 6.10 Å². The molecule has 334 valence electrons. The topological polar surface area (TPSA) is 61.8 Å². The van der Waals surface area contributed by atoms with E-state index in [9.17, 15) is 9.59 Å². The molecule has 0 saturated heterocycles. The van der Waals surface area contributed by atoms with Gasteiger partial charge in [0, 0.05) is 6.42 Å². The quantitative estimate of drug-likeness (QED) is 0.0350. The smallest absolute Gasteiger partial charge is 0.309 e. The zero-order valence-electron chi connectivity index (χ0n) is 38.2. The zero-order valence-corrected chi connectivity index (χ0v) is 38.2. The van der Waals surface area contributed by atoms with Crippen LogP contribution in [0.15, 0.2) is 146 Å². The molecule has 0 heterocycles. The molecule has 5 nitrogen and oxygen atoms in total. The Morgan fingerprint density at radius 1 is 0.400 bits per heavy atom. The van der Waals surface area contributed by atoms with E-state index in [1.165, 1.54) is 12.8 Å². The van der Waals surface area contributed by atoms with Gasteiger partial charge < -0.3 is 14.2 Å². The van der Waals surface area contributed by atoms with Gasteiger partial charge in [0.1, 0.15) is 6.61 Å². The van der Waals surface area contributed by atoms with Crippen LogP contribution in [0, 0.1) is 0 Å². The zero-order chi connectivity index (χ0) is 43.5. The van der Waals surface area contributed by atoms with Crippen LogP contribution in [0.5, 0.6) is 0 Å². The molecule has 0 aliphatic carbocycles. The minimum atomic E-state index is -0.633. The maximum Gasteiger partial charge on any atom is 0.309 e. The molecule has 0 N–H and O–H groups in total. The lowest BCUT2D eigenvalue weighted by Crippen LogP contribution is -2.30. The van der Waals surface area contributed by atoms with Crippen molar-refractivity contribution in [1.29, 1.82) is 0 Å². The number of carbonyl (C=O) groups excluding carboxylic acids is 2. The second-order valence-electron chi connectivity index (χ2n) is 14.6. The average molecular weight is 825 g/mol. The molecule has 0 amide bonds. The van der Waals surface area contributed by atoms with E-state index >= 15 is 0 Å². The third kappa shape index (κ3) is 46.5. The van der Waals surface area contributed by atoms with E-state index in [0.717, 1.165) is 116 Å². The molecule has 0 aliphatic rings. The Morgan fingerprint density at radius 2 is 0.800 bits per heavy atom. The maximum atomic E-state index is 12.7. The number of carbonyl (C=O) groups is 2. The largest absolute Gasteiger partial charge is 0.461 e. The van der Waals surface area contributed by atoms with Gasteiger partial charge >= 0.3 is 11.9 Å². The molecule has 5 heteroatoms. The molecule has 0 spiro atoms. The SMILES string of the molecule is CC/C=C\C/C=C\C/C=C\C/C=C\C/C=C\CCOCC(COC(=O)C/C=C\C/C=C\C/C=C\C/C=C\C/C=C\CC)OC(=O)CCCCCCC/C=C\C/C=C\CCC. The molecule has 60 heavy (non-hydrogen) atoms. The van der Waals surface area contributed by atoms with Crippen molar-refractivity contribution in [3.05, 3.63) is 146 Å². The average Bonchev–Trinajstić information content (AvgIpc) is 3.25. The van der Waals surface area contributed by atoms with Crippen molar-refractivity contribution in [2.45, 2.75) is 168 Å². The fourth-order valence-corrected chi connectivity index (χ4v) is 5.51. The van der Waals surface area contributed by atoms with Crippen LogP contribution < -0.4 is 0 Å². The summed E-state index contributed by atoms with van der Waals surface area (Å²) in [5, 5.41) is 0. The van der Waals surface area contributed by atoms with Crippen molar-refractivity contribution in [1.82, 2.24) is 0 Å². The standard InChI is InChI=1S/C55H84O5/c1-4-7-10-13-16-19-22-25-27-29-32-35-38-41-44-47-50-58-51-53(60-55(57)49-46-43-40-37-34-30-24-21-18-15-12-9-6-3)52-59-54(56)48-45-42-39-36-33-31-28-26-23-20-17-14-11-8-5-2/h7-8,10-12,15-17,19-21,24-28,32-33,35-36,41-42,44-45,53H,4-6,9,13-14,18,22-23,29-31,34,37-40,43,46-52H2,1-3H3/b10-7-,11-8-,15-12-,19-16-,20-17-,24-21-,27-25-,28-26-,35-32-,36-33-,44-41-,45-42-. The van der Waals surface area contributed by atoms with Crippen LogP contribution in [0.3, 0.4) is 0 Å². The van der Waals surface area contributed by atoms with Crippen LogP contribution in [0.4, 0.5) is 0 Å². The van der Waals surface area contributed by atoms with E-state index in [2.05, 4.69) is 154 Å². The van der Waals surface area contributed by atoms with Crippen LogP contribution in [0.25, 0.3) is 0 Å². The number of esters is 2. The van der Waals surface area contributed by atoms with Crippen molar-refractivity contribution in [2.24, 2.45) is 0 Å². The molecule has 0 saturated carbocycles. The highest BCUT2D eigenvalue weighted by Crippen LogP contribution is 2.10. The minimum Gasteiger partial charge on any atom is -0.461 e. The minimum absolute atomic E-state index is 0.0150. The van der Waals surface area contributed by atoms with Crippen LogP contribution >= 0.6 is 0 Å². The summed E-state index contributed by atoms with van der Waals surface area (Å²) in [5.41, 5.74) is 0. The Balaban J connectivity index is 4.57. The molecule has 0 aromatic rings. The Labute approximate surface area is 368 Å². The summed E-state index contributed by atoms with van der Waals surface area (Å²) >= 11 is 0. The highest BCUT2D eigenvalue weighted by Gasteiger charge is 2.17. The molecule has 0 fully saturated rings. The molecule has 0 bridgehead atoms. The monoisotopic (exact) mass is 825 g/mol. The third-order valence-corrected chi connectivity index (χ3v) is 8.87. The van der Waals surface area contributed by atoms with Crippen molar-refractivity contribution >= 4 is 11.9 Å². The van der Waals surface area contributed by atoms with Crippen LogP contribution in [0.2, 0.25) is 0 Å². The van der Waals surface area contributed by atoms with Gasteiger partial charge in [0.25, 0.3) is 0 Å². The van der Waals surface area contributed by atoms with Gasteiger partial charge in [0.2, 0.25) is 0 Å². The maximum absolute atomic E-state index is 12.7. The molecule has 0 radical (unpaired) electrons. The van der Waals surface area contributed by atoms with E-state index in [1.54, 1.807) is 0 Å². The normalized spacial score (nSPS) is 13.6. The van der Waals surface area contributed by atoms with Crippen LogP contribution in [0.1, 0.15) is 162 Å². The first-order valence-corrected chi connectivity index (χ1v) is 23.4. The number of rotatable bonds is 40. The summed E-state index contributed by atoms with van der Waals surface area (Å²) in [5.74, 6) is -0.617. The van der Waals surface area contributed by atoms with Gasteiger partial charge in [-0.1, -0.05) is 192 Å². The molecule has 0 rings (SSSR count). The number of unbranched alkanes of at least 4 members (excludes halogenated alkanes) is 6. The molecule has 1 atom stereocenters. The lowest BCUT2D eigenvalue weighted by atomic mass is 10.1. The van der Waals surface area contributed by atoms with E-state index in [4.69, 9.17) is 14.2 Å². The lowest BCUT2D eigenvalue weighted by molar-refractivity contribution is -0.162. The molecular weight excluding hydrogens is 741 g/mol. The van der Waals surface area contributed by atoms with Crippen molar-refractivity contribution in [3.8, 4) is 0 Å². The first kappa shape index (κ1) is 55.8. The van der Waals surface area contributed by atoms with Gasteiger partial charge in [0.15, 0.2) is 6.10 Å². The van der Waals surface area contributed by atoms with Gasteiger partial charge in [-0.25, -0.2) is 0 Å². The summed E-state index contributed by atoms with van der Waals surface area (Å²) in [4.78, 5) is 25.2. The summed E-state index contributed by atoms with van der Waals surface area (Å²) < 4.78 is 17.1. The predicted molar refractivity (Wildman–Crippen MR) is 260 cm³/mol. The Kier molecular flexibility index (Phi) is 45.7. The first-order valence-electron chi connectivity index (χ1n) is 23.4. The van der Waals surface area contributed by atoms with Gasteiger partial charge in [0.05, 0.1) is 19.6 Å². The van der Waals surface area contributed by atoms with Crippen molar-refractivity contribution < 1.29 is 23.8 Å². The Morgan fingerprint density at radius 3 is 1.28 bits per heavy atom. The predicted octanol–water partition coefficient (Wildman–Crippen LogP) is 15.8. The van der Waals surface area contributed by atoms with E-state index in [1.807, 2.05) is 12.2 Å². The van der Waals surface area contributed by atoms with Crippen LogP contribution in [-0.4, -0.2) is 37.9 Å². The van der Waals surface area contributed by atoms with Crippen molar-refractivity contribution in [3.63, 3.8) is 0 Å². The summed E-state index contributed by atoms with van der Waals surface area (Å²) in [6, 6.07) is 0. The third-order valence-electron chi connectivity index (χ3n) is 8.87. The second-order valence-corrected chi connectivity index (χ2v) is 14.6. The molecule has 0 aromatic carbocycles. The Hall–Kier alpha value is -4.22. The lowest BCUT2D eigenvalue weighted by Gasteiger charge is -2.18. The fraction of sp³-hybridized carbons (Fsp3) is 0.527.